The molecule has 0 unspecified atom stereocenters. The first kappa shape index (κ1) is 13.8. The number of carbonyl (C=O) groups is 1. The van der Waals surface area contributed by atoms with Gasteiger partial charge in [-0.3, -0.25) is 0 Å². The van der Waals surface area contributed by atoms with Gasteiger partial charge < -0.3 is 5.11 Å². The van der Waals surface area contributed by atoms with E-state index < -0.39 is 17.6 Å². The van der Waals surface area contributed by atoms with E-state index in [1.54, 1.807) is 0 Å². The van der Waals surface area contributed by atoms with Gasteiger partial charge in [-0.05, 0) is 30.3 Å². The third-order valence-corrected chi connectivity index (χ3v) is 3.07. The van der Waals surface area contributed by atoms with E-state index in [1.165, 1.54) is 18.2 Å². The Balaban J connectivity index is 2.77. The molecule has 0 aliphatic carbocycles. The topological polar surface area (TPSA) is 37.3 Å². The number of carboxylic acids is 1. The summed E-state index contributed by atoms with van der Waals surface area (Å²) in [5.41, 5.74) is -0.188. The normalized spacial score (nSPS) is 10.5. The second-order valence-electron chi connectivity index (χ2n) is 3.74. The lowest BCUT2D eigenvalue weighted by atomic mass is 9.99. The van der Waals surface area contributed by atoms with Crippen molar-refractivity contribution in [2.24, 2.45) is 0 Å². The first-order chi connectivity index (χ1) is 8.90. The molecule has 0 heterocycles. The van der Waals surface area contributed by atoms with Crippen molar-refractivity contribution in [3.05, 3.63) is 57.6 Å². The summed E-state index contributed by atoms with van der Waals surface area (Å²) >= 11 is 11.7. The Kier molecular flexibility index (Phi) is 3.73. The number of hydrogen-bond donors (Lipinski definition) is 1. The lowest BCUT2D eigenvalue weighted by molar-refractivity contribution is 0.0697. The standard InChI is InChI=1S/C13H6Cl2F2O2/c14-6-1-2-10(15)8(3-6)7-4-11(16)12(17)5-9(7)13(18)19/h1-5H,(H,18,19). The van der Waals surface area contributed by atoms with Crippen molar-refractivity contribution in [3.8, 4) is 11.1 Å². The molecule has 0 saturated heterocycles. The zero-order valence-corrected chi connectivity index (χ0v) is 10.8. The maximum atomic E-state index is 13.3. The van der Waals surface area contributed by atoms with Crippen LogP contribution in [0.25, 0.3) is 11.1 Å². The third-order valence-electron chi connectivity index (χ3n) is 2.51. The Morgan fingerprint density at radius 3 is 2.26 bits per heavy atom. The van der Waals surface area contributed by atoms with Crippen molar-refractivity contribution in [2.45, 2.75) is 0 Å². The van der Waals surface area contributed by atoms with Crippen LogP contribution in [0.4, 0.5) is 8.78 Å². The van der Waals surface area contributed by atoms with Gasteiger partial charge in [0, 0.05) is 21.2 Å². The molecule has 0 saturated carbocycles. The van der Waals surface area contributed by atoms with E-state index in [4.69, 9.17) is 28.3 Å². The van der Waals surface area contributed by atoms with Crippen molar-refractivity contribution >= 4 is 29.2 Å². The van der Waals surface area contributed by atoms with Gasteiger partial charge in [0.1, 0.15) is 0 Å². The molecule has 2 aromatic rings. The monoisotopic (exact) mass is 302 g/mol. The molecule has 0 radical (unpaired) electrons. The van der Waals surface area contributed by atoms with Gasteiger partial charge in [-0.15, -0.1) is 0 Å². The fourth-order valence-corrected chi connectivity index (χ4v) is 2.04. The van der Waals surface area contributed by atoms with Crippen LogP contribution in [0.15, 0.2) is 30.3 Å². The number of hydrogen-bond acceptors (Lipinski definition) is 1. The molecule has 0 aromatic heterocycles. The number of rotatable bonds is 2. The van der Waals surface area contributed by atoms with E-state index in [0.717, 1.165) is 6.07 Å². The number of aromatic carboxylic acids is 1. The molecule has 19 heavy (non-hydrogen) atoms. The van der Waals surface area contributed by atoms with Crippen LogP contribution in [0.1, 0.15) is 10.4 Å². The van der Waals surface area contributed by atoms with Crippen molar-refractivity contribution in [1.29, 1.82) is 0 Å². The summed E-state index contributed by atoms with van der Waals surface area (Å²) in [6.45, 7) is 0. The molecule has 0 amide bonds. The van der Waals surface area contributed by atoms with Gasteiger partial charge in [0.25, 0.3) is 0 Å². The Morgan fingerprint density at radius 1 is 1.00 bits per heavy atom. The second kappa shape index (κ2) is 5.15. The van der Waals surface area contributed by atoms with E-state index in [0.29, 0.717) is 11.1 Å². The van der Waals surface area contributed by atoms with Crippen LogP contribution in [-0.2, 0) is 0 Å². The molecular formula is C13H6Cl2F2O2. The predicted octanol–water partition coefficient (Wildman–Crippen LogP) is 4.64. The van der Waals surface area contributed by atoms with Crippen LogP contribution in [0.3, 0.4) is 0 Å². The minimum Gasteiger partial charge on any atom is -0.478 e. The molecule has 0 bridgehead atoms. The molecule has 1 N–H and O–H groups in total. The van der Waals surface area contributed by atoms with Crippen LogP contribution >= 0.6 is 23.2 Å². The molecule has 0 atom stereocenters. The Labute approximate surface area is 117 Å². The third kappa shape index (κ3) is 2.69. The van der Waals surface area contributed by atoms with Gasteiger partial charge in [-0.1, -0.05) is 23.2 Å². The lowest BCUT2D eigenvalue weighted by Crippen LogP contribution is -2.02. The fourth-order valence-electron chi connectivity index (χ4n) is 1.65. The molecule has 0 aliphatic rings. The minimum absolute atomic E-state index is 0.0288. The van der Waals surface area contributed by atoms with Crippen molar-refractivity contribution < 1.29 is 18.7 Å². The second-order valence-corrected chi connectivity index (χ2v) is 4.58. The zero-order chi connectivity index (χ0) is 14.2. The maximum Gasteiger partial charge on any atom is 0.336 e. The predicted molar refractivity (Wildman–Crippen MR) is 68.8 cm³/mol. The lowest BCUT2D eigenvalue weighted by Gasteiger charge is -2.09. The van der Waals surface area contributed by atoms with Crippen molar-refractivity contribution in [1.82, 2.24) is 0 Å². The van der Waals surface area contributed by atoms with Crippen LogP contribution in [0, 0.1) is 11.6 Å². The first-order valence-corrected chi connectivity index (χ1v) is 5.83. The highest BCUT2D eigenvalue weighted by molar-refractivity contribution is 6.35. The van der Waals surface area contributed by atoms with Crippen molar-refractivity contribution in [3.63, 3.8) is 0 Å². The van der Waals surface area contributed by atoms with Gasteiger partial charge in [-0.25, -0.2) is 13.6 Å². The summed E-state index contributed by atoms with van der Waals surface area (Å²) in [7, 11) is 0. The van der Waals surface area contributed by atoms with Gasteiger partial charge in [0.15, 0.2) is 11.6 Å². The summed E-state index contributed by atoms with van der Waals surface area (Å²) in [5.74, 6) is -3.78. The molecule has 2 nitrogen and oxygen atoms in total. The molecule has 6 heteroatoms. The molecule has 0 aliphatic heterocycles. The summed E-state index contributed by atoms with van der Waals surface area (Å²) in [6.07, 6.45) is 0. The highest BCUT2D eigenvalue weighted by atomic mass is 35.5. The summed E-state index contributed by atoms with van der Waals surface area (Å²) in [4.78, 5) is 11.1. The average molecular weight is 303 g/mol. The Morgan fingerprint density at radius 2 is 1.63 bits per heavy atom. The van der Waals surface area contributed by atoms with Crippen molar-refractivity contribution in [2.75, 3.05) is 0 Å². The molecular weight excluding hydrogens is 297 g/mol. The van der Waals surface area contributed by atoms with Crippen LogP contribution in [0.5, 0.6) is 0 Å². The zero-order valence-electron chi connectivity index (χ0n) is 9.25. The molecule has 98 valence electrons. The largest absolute Gasteiger partial charge is 0.478 e. The molecule has 0 spiro atoms. The number of benzene rings is 2. The maximum absolute atomic E-state index is 13.3. The smallest absolute Gasteiger partial charge is 0.336 e. The fraction of sp³-hybridized carbons (Fsp3) is 0. The van der Waals surface area contributed by atoms with Gasteiger partial charge >= 0.3 is 5.97 Å². The van der Waals surface area contributed by atoms with Gasteiger partial charge in [-0.2, -0.15) is 0 Å². The van der Waals surface area contributed by atoms with E-state index in [2.05, 4.69) is 0 Å². The molecule has 2 aromatic carbocycles. The van der Waals surface area contributed by atoms with E-state index in [1.807, 2.05) is 0 Å². The summed E-state index contributed by atoms with van der Waals surface area (Å²) < 4.78 is 26.4. The van der Waals surface area contributed by atoms with E-state index in [9.17, 15) is 13.6 Å². The molecule has 2 rings (SSSR count). The first-order valence-electron chi connectivity index (χ1n) is 5.08. The van der Waals surface area contributed by atoms with Crippen LogP contribution in [0.2, 0.25) is 10.0 Å². The SMILES string of the molecule is O=C(O)c1cc(F)c(F)cc1-c1cc(Cl)ccc1Cl. The Hall–Kier alpha value is -1.65. The van der Waals surface area contributed by atoms with E-state index >= 15 is 0 Å². The number of halogens is 4. The highest BCUT2D eigenvalue weighted by Gasteiger charge is 2.18. The quantitative estimate of drug-likeness (QED) is 0.877. The minimum atomic E-state index is -1.38. The summed E-state index contributed by atoms with van der Waals surface area (Å²) in [5, 5.41) is 9.54. The Bertz CT molecular complexity index is 672. The van der Waals surface area contributed by atoms with Crippen LogP contribution < -0.4 is 0 Å². The highest BCUT2D eigenvalue weighted by Crippen LogP contribution is 2.34. The van der Waals surface area contributed by atoms with Gasteiger partial charge in [0.05, 0.1) is 5.56 Å². The number of carboxylic acid groups (broad SMARTS) is 1. The average Bonchev–Trinajstić information content (AvgIpc) is 2.35. The van der Waals surface area contributed by atoms with E-state index in [-0.39, 0.29) is 21.7 Å². The van der Waals surface area contributed by atoms with Gasteiger partial charge in [0.2, 0.25) is 0 Å². The van der Waals surface area contributed by atoms with Crippen LogP contribution in [-0.4, -0.2) is 11.1 Å². The molecule has 0 fully saturated rings. The summed E-state index contributed by atoms with van der Waals surface area (Å²) in [6, 6.07) is 5.75.